The average Bonchev–Trinajstić information content (AvgIpc) is 3.18. The minimum Gasteiger partial charge on any atom is -0.473 e. The molecule has 193 valence electrons. The van der Waals surface area contributed by atoms with Crippen molar-refractivity contribution in [1.82, 2.24) is 19.1 Å². The number of nitrogens with one attached hydrogen (secondary N) is 1. The molecule has 2 heterocycles. The summed E-state index contributed by atoms with van der Waals surface area (Å²) in [6, 6.07) is 0. The Hall–Kier alpha value is -2.01. The lowest BCUT2D eigenvalue weighted by Crippen LogP contribution is -2.47. The van der Waals surface area contributed by atoms with Crippen LogP contribution in [0.15, 0.2) is 5.03 Å². The van der Waals surface area contributed by atoms with E-state index in [1.54, 1.807) is 27.7 Å². The fraction of sp³-hybridized carbons (Fsp3) is 0.889. The lowest BCUT2D eigenvalue weighted by Gasteiger charge is -2.33. The second-order valence-corrected chi connectivity index (χ2v) is 11.7. The zero-order valence-corrected chi connectivity index (χ0v) is 21.8. The third-order valence-electron chi connectivity index (χ3n) is 5.55. The van der Waals surface area contributed by atoms with Gasteiger partial charge in [-0.15, -0.1) is 34.9 Å². The van der Waals surface area contributed by atoms with Crippen LogP contribution in [0.4, 0.5) is 0 Å². The smallest absolute Gasteiger partial charge is 0.294 e. The zero-order valence-electron chi connectivity index (χ0n) is 20.2. The predicted molar refractivity (Wildman–Crippen MR) is 122 cm³/mol. The molecule has 1 aromatic heterocycles. The summed E-state index contributed by atoms with van der Waals surface area (Å²) < 4.78 is 14.1. The molecule has 0 saturated carbocycles. The van der Waals surface area contributed by atoms with E-state index in [0.717, 1.165) is 16.8 Å². The lowest BCUT2D eigenvalue weighted by molar-refractivity contribution is -0.768. The van der Waals surface area contributed by atoms with Gasteiger partial charge in [-0.25, -0.2) is 0 Å². The SMILES string of the molecule is CC(C)(C)NCC(COc1nsnc1SC1C(CO[N+](=O)[O-])C(C)(C)N([O])C1(C)C)O[N+](=O)[O-]. The third kappa shape index (κ3) is 7.00. The Morgan fingerprint density at radius 1 is 1.18 bits per heavy atom. The number of thioether (sulfide) groups is 1. The molecule has 0 bridgehead atoms. The van der Waals surface area contributed by atoms with E-state index >= 15 is 0 Å². The van der Waals surface area contributed by atoms with Crippen molar-refractivity contribution in [2.75, 3.05) is 19.8 Å². The van der Waals surface area contributed by atoms with Gasteiger partial charge < -0.3 is 19.7 Å². The molecule has 1 saturated heterocycles. The fourth-order valence-electron chi connectivity index (χ4n) is 3.82. The summed E-state index contributed by atoms with van der Waals surface area (Å²) in [6.45, 7) is 12.4. The van der Waals surface area contributed by atoms with Gasteiger partial charge in [0, 0.05) is 23.3 Å². The van der Waals surface area contributed by atoms with Gasteiger partial charge in [0.15, 0.2) is 11.1 Å². The van der Waals surface area contributed by atoms with Gasteiger partial charge >= 0.3 is 0 Å². The van der Waals surface area contributed by atoms with Gasteiger partial charge in [0.2, 0.25) is 0 Å². The summed E-state index contributed by atoms with van der Waals surface area (Å²) in [5.74, 6) is -0.360. The average molecular weight is 524 g/mol. The highest BCUT2D eigenvalue weighted by atomic mass is 32.2. The number of rotatable bonds is 12. The monoisotopic (exact) mass is 523 g/mol. The van der Waals surface area contributed by atoms with Gasteiger partial charge in [0.25, 0.3) is 16.1 Å². The van der Waals surface area contributed by atoms with Crippen LogP contribution < -0.4 is 10.1 Å². The molecule has 1 radical (unpaired) electrons. The van der Waals surface area contributed by atoms with Crippen LogP contribution in [0.2, 0.25) is 0 Å². The maximum absolute atomic E-state index is 13.0. The zero-order chi connectivity index (χ0) is 25.9. The largest absolute Gasteiger partial charge is 0.473 e. The summed E-state index contributed by atoms with van der Waals surface area (Å²) in [6.07, 6.45) is -0.894. The van der Waals surface area contributed by atoms with Crippen molar-refractivity contribution < 1.29 is 29.8 Å². The van der Waals surface area contributed by atoms with E-state index in [1.165, 1.54) is 11.8 Å². The molecule has 1 N–H and O–H groups in total. The van der Waals surface area contributed by atoms with E-state index in [9.17, 15) is 25.4 Å². The molecule has 0 amide bonds. The molecule has 1 aromatic rings. The Bertz CT molecular complexity index is 862. The number of hydrogen-bond donors (Lipinski definition) is 1. The Kier molecular flexibility index (Phi) is 8.90. The van der Waals surface area contributed by atoms with Crippen molar-refractivity contribution in [1.29, 1.82) is 0 Å². The second-order valence-electron chi connectivity index (χ2n) is 10.0. The van der Waals surface area contributed by atoms with Crippen molar-refractivity contribution >= 4 is 23.5 Å². The number of hydroxylamine groups is 2. The van der Waals surface area contributed by atoms with Crippen molar-refractivity contribution in [2.45, 2.75) is 81.5 Å². The van der Waals surface area contributed by atoms with Gasteiger partial charge in [0.1, 0.15) is 13.2 Å². The number of aromatic nitrogens is 2. The Labute approximate surface area is 205 Å². The molecule has 0 aromatic carbocycles. The van der Waals surface area contributed by atoms with Crippen LogP contribution in [0.1, 0.15) is 48.5 Å². The quantitative estimate of drug-likeness (QED) is 0.313. The fourth-order valence-corrected chi connectivity index (χ4v) is 5.97. The molecule has 2 rings (SSSR count). The molecule has 16 heteroatoms. The molecule has 34 heavy (non-hydrogen) atoms. The Balaban J connectivity index is 2.17. The maximum Gasteiger partial charge on any atom is 0.294 e. The van der Waals surface area contributed by atoms with E-state index in [1.807, 2.05) is 20.8 Å². The van der Waals surface area contributed by atoms with Crippen molar-refractivity contribution in [3.05, 3.63) is 20.2 Å². The second kappa shape index (κ2) is 10.7. The van der Waals surface area contributed by atoms with Crippen molar-refractivity contribution in [2.24, 2.45) is 5.92 Å². The summed E-state index contributed by atoms with van der Waals surface area (Å²) in [4.78, 5) is 31.0. The summed E-state index contributed by atoms with van der Waals surface area (Å²) in [7, 11) is 0. The summed E-state index contributed by atoms with van der Waals surface area (Å²) >= 11 is 2.10. The van der Waals surface area contributed by atoms with E-state index in [2.05, 4.69) is 18.9 Å². The van der Waals surface area contributed by atoms with Crippen LogP contribution in [0.25, 0.3) is 0 Å². The first-order valence-electron chi connectivity index (χ1n) is 10.5. The molecular formula is C18H31N6O8S2. The molecule has 1 aliphatic rings. The highest BCUT2D eigenvalue weighted by Crippen LogP contribution is 2.52. The van der Waals surface area contributed by atoms with Crippen LogP contribution in [-0.4, -0.2) is 71.7 Å². The van der Waals surface area contributed by atoms with Crippen LogP contribution >= 0.6 is 23.5 Å². The number of ether oxygens (including phenoxy) is 1. The highest BCUT2D eigenvalue weighted by molar-refractivity contribution is 8.00. The van der Waals surface area contributed by atoms with Crippen LogP contribution in [-0.2, 0) is 14.9 Å². The standard InChI is InChI=1S/C18H31N6O8S2/c1-16(2,3)19-8-11(32-24(28)29)9-30-14-15(21-34-20-14)33-13-12(10-31-23(26)27)17(4,5)22(25)18(13,6)7/h11-13,19H,8-10H2,1-7H3. The molecule has 0 aliphatic carbocycles. The minimum absolute atomic E-state index is 0.148. The van der Waals surface area contributed by atoms with Crippen molar-refractivity contribution in [3.8, 4) is 5.88 Å². The Morgan fingerprint density at radius 2 is 1.82 bits per heavy atom. The summed E-state index contributed by atoms with van der Waals surface area (Å²) in [5, 5.41) is 37.0. The van der Waals surface area contributed by atoms with E-state index in [0.29, 0.717) is 5.03 Å². The van der Waals surface area contributed by atoms with Crippen LogP contribution in [0, 0.1) is 26.1 Å². The van der Waals surface area contributed by atoms with E-state index in [-0.39, 0.29) is 31.2 Å². The molecular weight excluding hydrogens is 492 g/mol. The van der Waals surface area contributed by atoms with Gasteiger partial charge in [-0.3, -0.25) is 0 Å². The minimum atomic E-state index is -0.940. The van der Waals surface area contributed by atoms with Gasteiger partial charge in [-0.05, 0) is 48.5 Å². The normalized spacial score (nSPS) is 22.8. The topological polar surface area (TPSA) is 175 Å². The molecule has 0 spiro atoms. The molecule has 14 nitrogen and oxygen atoms in total. The molecule has 1 aliphatic heterocycles. The lowest BCUT2D eigenvalue weighted by atomic mass is 9.87. The first kappa shape index (κ1) is 28.2. The molecule has 3 atom stereocenters. The van der Waals surface area contributed by atoms with Crippen LogP contribution in [0.5, 0.6) is 5.88 Å². The number of hydrogen-bond acceptors (Lipinski definition) is 13. The van der Waals surface area contributed by atoms with Gasteiger partial charge in [0.05, 0.1) is 22.8 Å². The third-order valence-corrected chi connectivity index (χ3v) is 7.82. The van der Waals surface area contributed by atoms with E-state index < -0.39 is 38.5 Å². The van der Waals surface area contributed by atoms with E-state index in [4.69, 9.17) is 9.57 Å². The summed E-state index contributed by atoms with van der Waals surface area (Å²) in [5.41, 5.74) is -2.13. The van der Waals surface area contributed by atoms with Gasteiger partial charge in [-0.1, -0.05) is 11.8 Å². The molecule has 3 unspecified atom stereocenters. The number of nitrogens with zero attached hydrogens (tertiary/aromatic N) is 5. The molecule has 1 fully saturated rings. The predicted octanol–water partition coefficient (Wildman–Crippen LogP) is 2.39. The first-order valence-corrected chi connectivity index (χ1v) is 12.1. The van der Waals surface area contributed by atoms with Crippen LogP contribution in [0.3, 0.4) is 0 Å². The van der Waals surface area contributed by atoms with Gasteiger partial charge in [-0.2, -0.15) is 4.37 Å². The maximum atomic E-state index is 13.0. The Morgan fingerprint density at radius 3 is 2.38 bits per heavy atom. The first-order chi connectivity index (χ1) is 15.6. The highest BCUT2D eigenvalue weighted by Gasteiger charge is 2.60. The van der Waals surface area contributed by atoms with Crippen molar-refractivity contribution in [3.63, 3.8) is 0 Å².